The average Bonchev–Trinajstić information content (AvgIpc) is 2.86. The second-order valence-corrected chi connectivity index (χ2v) is 6.60. The number of hydrogen-bond donors (Lipinski definition) is 0. The molecule has 0 bridgehead atoms. The number of benzene rings is 1. The second kappa shape index (κ2) is 5.80. The minimum absolute atomic E-state index is 0.130. The molecule has 0 aliphatic rings. The van der Waals surface area contributed by atoms with E-state index in [0.717, 1.165) is 6.42 Å². The summed E-state index contributed by atoms with van der Waals surface area (Å²) >= 11 is 0. The first-order chi connectivity index (χ1) is 9.45. The molecule has 6 nitrogen and oxygen atoms in total. The molecular formula is C12H13ClN2O4S. The van der Waals surface area contributed by atoms with Crippen LogP contribution in [0.2, 0.25) is 0 Å². The molecule has 1 heterocycles. The van der Waals surface area contributed by atoms with Crippen molar-refractivity contribution in [2.45, 2.75) is 24.7 Å². The van der Waals surface area contributed by atoms with Crippen LogP contribution in [0.25, 0.3) is 11.5 Å². The molecule has 2 rings (SSSR count). The van der Waals surface area contributed by atoms with Crippen molar-refractivity contribution in [3.63, 3.8) is 0 Å². The standard InChI is InChI=1S/C12H13ClN2O4S/c1-3-4-11-14-12(19-15-11)8-5-6-9(18-2)10(7-8)20(13,16)17/h5-7H,3-4H2,1-2H3. The van der Waals surface area contributed by atoms with Crippen LogP contribution in [0.1, 0.15) is 19.2 Å². The second-order valence-electron chi connectivity index (χ2n) is 4.07. The Morgan fingerprint density at radius 3 is 2.75 bits per heavy atom. The summed E-state index contributed by atoms with van der Waals surface area (Å²) < 4.78 is 33.1. The first-order valence-electron chi connectivity index (χ1n) is 5.91. The van der Waals surface area contributed by atoms with Crippen LogP contribution < -0.4 is 4.74 Å². The smallest absolute Gasteiger partial charge is 0.265 e. The lowest BCUT2D eigenvalue weighted by atomic mass is 10.2. The maximum Gasteiger partial charge on any atom is 0.265 e. The predicted molar refractivity (Wildman–Crippen MR) is 73.3 cm³/mol. The summed E-state index contributed by atoms with van der Waals surface area (Å²) in [4.78, 5) is 4.06. The van der Waals surface area contributed by atoms with Crippen LogP contribution >= 0.6 is 10.7 Å². The molecule has 0 aliphatic heterocycles. The number of ether oxygens (including phenoxy) is 1. The highest BCUT2D eigenvalue weighted by molar-refractivity contribution is 8.13. The van der Waals surface area contributed by atoms with E-state index < -0.39 is 9.05 Å². The van der Waals surface area contributed by atoms with Crippen molar-refractivity contribution in [3.05, 3.63) is 24.0 Å². The van der Waals surface area contributed by atoms with Gasteiger partial charge in [-0.3, -0.25) is 0 Å². The van der Waals surface area contributed by atoms with Crippen LogP contribution in [0, 0.1) is 0 Å². The summed E-state index contributed by atoms with van der Waals surface area (Å²) in [5.74, 6) is 0.989. The van der Waals surface area contributed by atoms with Gasteiger partial charge >= 0.3 is 0 Å². The third kappa shape index (κ3) is 3.10. The molecule has 0 radical (unpaired) electrons. The Labute approximate surface area is 121 Å². The molecule has 108 valence electrons. The third-order valence-electron chi connectivity index (χ3n) is 2.61. The molecule has 0 N–H and O–H groups in total. The Morgan fingerprint density at radius 1 is 1.40 bits per heavy atom. The molecule has 1 aromatic heterocycles. The van der Waals surface area contributed by atoms with Gasteiger partial charge in [-0.1, -0.05) is 12.1 Å². The summed E-state index contributed by atoms with van der Waals surface area (Å²) in [6, 6.07) is 4.48. The highest BCUT2D eigenvalue weighted by Crippen LogP contribution is 2.31. The van der Waals surface area contributed by atoms with Gasteiger partial charge in [0.05, 0.1) is 7.11 Å². The SMILES string of the molecule is CCCc1noc(-c2ccc(OC)c(S(=O)(=O)Cl)c2)n1. The summed E-state index contributed by atoms with van der Waals surface area (Å²) in [5.41, 5.74) is 0.472. The molecule has 1 aromatic carbocycles. The largest absolute Gasteiger partial charge is 0.495 e. The molecule has 0 atom stereocenters. The highest BCUT2D eigenvalue weighted by atomic mass is 35.7. The molecule has 0 spiro atoms. The number of methoxy groups -OCH3 is 1. The maximum atomic E-state index is 11.5. The molecule has 0 unspecified atom stereocenters. The number of aryl methyl sites for hydroxylation is 1. The Bertz CT molecular complexity index is 712. The normalized spacial score (nSPS) is 11.6. The van der Waals surface area contributed by atoms with Gasteiger partial charge in [0, 0.05) is 22.7 Å². The lowest BCUT2D eigenvalue weighted by Crippen LogP contribution is -1.96. The summed E-state index contributed by atoms with van der Waals surface area (Å²) in [5, 5.41) is 3.82. The van der Waals surface area contributed by atoms with Gasteiger partial charge in [-0.05, 0) is 24.6 Å². The van der Waals surface area contributed by atoms with E-state index in [1.807, 2.05) is 6.92 Å². The minimum Gasteiger partial charge on any atom is -0.495 e. The summed E-state index contributed by atoms with van der Waals surface area (Å²) in [7, 11) is 2.83. The average molecular weight is 317 g/mol. The number of halogens is 1. The first-order valence-corrected chi connectivity index (χ1v) is 8.22. The van der Waals surface area contributed by atoms with Crippen LogP contribution in [0.5, 0.6) is 5.75 Å². The topological polar surface area (TPSA) is 82.3 Å². The van der Waals surface area contributed by atoms with Crippen molar-refractivity contribution >= 4 is 19.7 Å². The van der Waals surface area contributed by atoms with Crippen molar-refractivity contribution in [1.29, 1.82) is 0 Å². The molecule has 2 aromatic rings. The maximum absolute atomic E-state index is 11.5. The quantitative estimate of drug-likeness (QED) is 0.789. The Balaban J connectivity index is 2.47. The predicted octanol–water partition coefficient (Wildman–Crippen LogP) is 2.63. The van der Waals surface area contributed by atoms with Gasteiger partial charge in [-0.15, -0.1) is 0 Å². The van der Waals surface area contributed by atoms with Crippen LogP contribution in [0.15, 0.2) is 27.6 Å². The van der Waals surface area contributed by atoms with Crippen molar-refractivity contribution < 1.29 is 17.7 Å². The van der Waals surface area contributed by atoms with E-state index >= 15 is 0 Å². The molecule has 0 fully saturated rings. The zero-order valence-corrected chi connectivity index (χ0v) is 12.5. The van der Waals surface area contributed by atoms with Gasteiger partial charge < -0.3 is 9.26 Å². The van der Waals surface area contributed by atoms with Crippen molar-refractivity contribution in [3.8, 4) is 17.2 Å². The number of aromatic nitrogens is 2. The van der Waals surface area contributed by atoms with Crippen LogP contribution in [0.3, 0.4) is 0 Å². The van der Waals surface area contributed by atoms with Crippen molar-refractivity contribution in [2.24, 2.45) is 0 Å². The Morgan fingerprint density at radius 2 is 2.15 bits per heavy atom. The van der Waals surface area contributed by atoms with E-state index in [2.05, 4.69) is 10.1 Å². The van der Waals surface area contributed by atoms with Gasteiger partial charge in [-0.2, -0.15) is 4.98 Å². The zero-order chi connectivity index (χ0) is 14.8. The third-order valence-corrected chi connectivity index (χ3v) is 3.96. The fourth-order valence-corrected chi connectivity index (χ4v) is 2.72. The van der Waals surface area contributed by atoms with E-state index in [1.54, 1.807) is 6.07 Å². The number of nitrogens with zero attached hydrogens (tertiary/aromatic N) is 2. The van der Waals surface area contributed by atoms with E-state index in [9.17, 15) is 8.42 Å². The molecule has 0 saturated heterocycles. The fraction of sp³-hybridized carbons (Fsp3) is 0.333. The van der Waals surface area contributed by atoms with Gasteiger partial charge in [0.15, 0.2) is 5.82 Å². The lowest BCUT2D eigenvalue weighted by molar-refractivity contribution is 0.402. The Kier molecular flexibility index (Phi) is 4.29. The summed E-state index contributed by atoms with van der Waals surface area (Å²) in [6.45, 7) is 2.00. The lowest BCUT2D eigenvalue weighted by Gasteiger charge is -2.06. The molecular weight excluding hydrogens is 304 g/mol. The van der Waals surface area contributed by atoms with Crippen molar-refractivity contribution in [1.82, 2.24) is 10.1 Å². The zero-order valence-electron chi connectivity index (χ0n) is 11.0. The molecule has 0 saturated carbocycles. The minimum atomic E-state index is -3.92. The first kappa shape index (κ1) is 14.8. The van der Waals surface area contributed by atoms with Gasteiger partial charge in [0.25, 0.3) is 14.9 Å². The molecule has 0 amide bonds. The molecule has 20 heavy (non-hydrogen) atoms. The van der Waals surface area contributed by atoms with E-state index in [4.69, 9.17) is 19.9 Å². The van der Waals surface area contributed by atoms with E-state index in [0.29, 0.717) is 17.8 Å². The number of hydrogen-bond acceptors (Lipinski definition) is 6. The van der Waals surface area contributed by atoms with E-state index in [-0.39, 0.29) is 16.5 Å². The fourth-order valence-electron chi connectivity index (χ4n) is 1.70. The van der Waals surface area contributed by atoms with Gasteiger partial charge in [0.1, 0.15) is 10.6 Å². The van der Waals surface area contributed by atoms with Gasteiger partial charge in [0.2, 0.25) is 0 Å². The highest BCUT2D eigenvalue weighted by Gasteiger charge is 2.19. The number of rotatable bonds is 5. The van der Waals surface area contributed by atoms with Crippen LogP contribution in [0.4, 0.5) is 0 Å². The van der Waals surface area contributed by atoms with Crippen molar-refractivity contribution in [2.75, 3.05) is 7.11 Å². The summed E-state index contributed by atoms with van der Waals surface area (Å²) in [6.07, 6.45) is 1.59. The molecule has 0 aliphatic carbocycles. The Hall–Kier alpha value is -1.60. The van der Waals surface area contributed by atoms with Crippen LogP contribution in [-0.4, -0.2) is 25.7 Å². The van der Waals surface area contributed by atoms with Gasteiger partial charge in [-0.25, -0.2) is 8.42 Å². The van der Waals surface area contributed by atoms with Crippen LogP contribution in [-0.2, 0) is 15.5 Å². The van der Waals surface area contributed by atoms with E-state index in [1.165, 1.54) is 19.2 Å². The molecule has 8 heteroatoms. The monoisotopic (exact) mass is 316 g/mol.